The van der Waals surface area contributed by atoms with Gasteiger partial charge in [0.15, 0.2) is 0 Å². The van der Waals surface area contributed by atoms with Gasteiger partial charge in [0.2, 0.25) is 5.91 Å². The van der Waals surface area contributed by atoms with Crippen LogP contribution in [0.3, 0.4) is 0 Å². The minimum atomic E-state index is -0.782. The van der Waals surface area contributed by atoms with E-state index in [1.165, 1.54) is 199 Å². The molecule has 3 atom stereocenters. The van der Waals surface area contributed by atoms with Gasteiger partial charge in [0.25, 0.3) is 0 Å². The monoisotopic (exact) mass is 848 g/mol. The molecule has 0 radical (unpaired) electrons. The van der Waals surface area contributed by atoms with Crippen LogP contribution in [0.5, 0.6) is 0 Å². The zero-order valence-electron chi connectivity index (χ0n) is 40.6. The summed E-state index contributed by atoms with van der Waals surface area (Å²) < 4.78 is 5.94. The van der Waals surface area contributed by atoms with Crippen molar-refractivity contribution in [2.75, 3.05) is 6.61 Å². The van der Waals surface area contributed by atoms with Gasteiger partial charge in [-0.15, -0.1) is 0 Å². The lowest BCUT2D eigenvalue weighted by Gasteiger charge is -2.24. The molecule has 3 unspecified atom stereocenters. The van der Waals surface area contributed by atoms with Gasteiger partial charge in [-0.25, -0.2) is 0 Å². The van der Waals surface area contributed by atoms with Crippen LogP contribution in [0.4, 0.5) is 0 Å². The molecule has 0 fully saturated rings. The lowest BCUT2D eigenvalue weighted by Crippen LogP contribution is -2.46. The van der Waals surface area contributed by atoms with Crippen molar-refractivity contribution < 1.29 is 24.5 Å². The Bertz CT molecular complexity index is 909. The van der Waals surface area contributed by atoms with Gasteiger partial charge in [0.1, 0.15) is 6.10 Å². The summed E-state index contributed by atoms with van der Waals surface area (Å²) in [5, 5.41) is 23.7. The van der Waals surface area contributed by atoms with Crippen LogP contribution in [0.15, 0.2) is 12.2 Å². The first-order valence-electron chi connectivity index (χ1n) is 26.9. The van der Waals surface area contributed by atoms with E-state index in [4.69, 9.17) is 4.74 Å². The van der Waals surface area contributed by atoms with E-state index < -0.39 is 18.2 Å². The van der Waals surface area contributed by atoms with E-state index in [0.717, 1.165) is 51.4 Å². The highest BCUT2D eigenvalue weighted by molar-refractivity contribution is 5.77. The summed E-state index contributed by atoms with van der Waals surface area (Å²) >= 11 is 0. The Hall–Kier alpha value is -1.40. The summed E-state index contributed by atoms with van der Waals surface area (Å²) in [5.74, 6) is -0.465. The largest absolute Gasteiger partial charge is 0.462 e. The maximum absolute atomic E-state index is 13.2. The second-order valence-electron chi connectivity index (χ2n) is 18.6. The lowest BCUT2D eigenvalue weighted by atomic mass is 10.0. The number of nitrogens with one attached hydrogen (secondary N) is 1. The molecule has 6 heteroatoms. The molecule has 0 rings (SSSR count). The van der Waals surface area contributed by atoms with Gasteiger partial charge < -0.3 is 20.3 Å². The predicted molar refractivity (Wildman–Crippen MR) is 260 cm³/mol. The fourth-order valence-electron chi connectivity index (χ4n) is 8.49. The van der Waals surface area contributed by atoms with Gasteiger partial charge in [0, 0.05) is 6.42 Å². The second kappa shape index (κ2) is 48.6. The SMILES string of the molecule is CCCCCCCCC/C=C/CCCCCCCC(=O)OC(CCCCCCCCCCCCCCCCCC)CC(=O)NC(CO)C(O)CCCCCCCCCCC. The Kier molecular flexibility index (Phi) is 47.5. The van der Waals surface area contributed by atoms with Crippen LogP contribution in [-0.4, -0.2) is 46.9 Å². The minimum absolute atomic E-state index is 0.0816. The number of allylic oxidation sites excluding steroid dienone is 2. The number of ether oxygens (including phenoxy) is 1. The molecule has 60 heavy (non-hydrogen) atoms. The first-order chi connectivity index (χ1) is 29.5. The van der Waals surface area contributed by atoms with Crippen molar-refractivity contribution in [3.05, 3.63) is 12.2 Å². The fourth-order valence-corrected chi connectivity index (χ4v) is 8.49. The van der Waals surface area contributed by atoms with Crippen LogP contribution in [0, 0.1) is 0 Å². The zero-order chi connectivity index (χ0) is 43.8. The molecule has 0 saturated heterocycles. The standard InChI is InChI=1S/C54H105NO5/c1-4-7-10-13-16-19-21-23-25-27-29-31-34-36-39-42-45-50(48-53(58)55-51(49-56)52(57)46-43-40-37-33-18-15-12-9-6-3)60-54(59)47-44-41-38-35-32-30-28-26-24-22-20-17-14-11-8-5-2/h26,28,50-52,56-57H,4-25,27,29-49H2,1-3H3,(H,55,58)/b28-26+. The topological polar surface area (TPSA) is 95.9 Å². The van der Waals surface area contributed by atoms with E-state index in [-0.39, 0.29) is 24.9 Å². The van der Waals surface area contributed by atoms with Gasteiger partial charge in [-0.05, 0) is 51.4 Å². The smallest absolute Gasteiger partial charge is 0.306 e. The molecular weight excluding hydrogens is 743 g/mol. The summed E-state index contributed by atoms with van der Waals surface area (Å²) in [6.45, 7) is 6.49. The van der Waals surface area contributed by atoms with Crippen molar-refractivity contribution in [3.63, 3.8) is 0 Å². The first kappa shape index (κ1) is 58.6. The molecule has 0 aromatic carbocycles. The van der Waals surface area contributed by atoms with E-state index in [9.17, 15) is 19.8 Å². The zero-order valence-corrected chi connectivity index (χ0v) is 40.6. The van der Waals surface area contributed by atoms with Gasteiger partial charge in [-0.2, -0.15) is 0 Å². The highest BCUT2D eigenvalue weighted by Crippen LogP contribution is 2.18. The number of rotatable bonds is 49. The van der Waals surface area contributed by atoms with E-state index in [1.54, 1.807) is 0 Å². The molecule has 0 saturated carbocycles. The van der Waals surface area contributed by atoms with Crippen molar-refractivity contribution in [3.8, 4) is 0 Å². The molecule has 0 spiro atoms. The molecule has 356 valence electrons. The number of amides is 1. The number of carbonyl (C=O) groups excluding carboxylic acids is 2. The number of hydrogen-bond acceptors (Lipinski definition) is 5. The second-order valence-corrected chi connectivity index (χ2v) is 18.6. The molecule has 0 bridgehead atoms. The summed E-state index contributed by atoms with van der Waals surface area (Å²) in [7, 11) is 0. The summed E-state index contributed by atoms with van der Waals surface area (Å²) in [6, 6.07) is -0.695. The van der Waals surface area contributed by atoms with Crippen molar-refractivity contribution in [1.29, 1.82) is 0 Å². The van der Waals surface area contributed by atoms with Crippen molar-refractivity contribution in [1.82, 2.24) is 5.32 Å². The number of aliphatic hydroxyl groups excluding tert-OH is 2. The Labute approximate surface area is 374 Å². The highest BCUT2D eigenvalue weighted by Gasteiger charge is 2.24. The third kappa shape index (κ3) is 43.3. The summed E-state index contributed by atoms with van der Waals surface area (Å²) in [6.07, 6.45) is 54.2. The fraction of sp³-hybridized carbons (Fsp3) is 0.926. The minimum Gasteiger partial charge on any atom is -0.462 e. The Morgan fingerprint density at radius 1 is 0.467 bits per heavy atom. The third-order valence-corrected chi connectivity index (χ3v) is 12.6. The summed E-state index contributed by atoms with van der Waals surface area (Å²) in [5.41, 5.74) is 0. The molecule has 0 heterocycles. The number of unbranched alkanes of at least 4 members (excludes halogenated alkanes) is 35. The molecule has 6 nitrogen and oxygen atoms in total. The molecule has 3 N–H and O–H groups in total. The van der Waals surface area contributed by atoms with E-state index in [2.05, 4.69) is 38.2 Å². The molecule has 0 aromatic heterocycles. The molecule has 0 aliphatic carbocycles. The Morgan fingerprint density at radius 3 is 1.18 bits per heavy atom. The average Bonchev–Trinajstić information content (AvgIpc) is 3.24. The van der Waals surface area contributed by atoms with Crippen molar-refractivity contribution in [2.45, 2.75) is 315 Å². The van der Waals surface area contributed by atoms with Crippen LogP contribution < -0.4 is 5.32 Å². The van der Waals surface area contributed by atoms with E-state index >= 15 is 0 Å². The van der Waals surface area contributed by atoms with Crippen molar-refractivity contribution in [2.24, 2.45) is 0 Å². The maximum Gasteiger partial charge on any atom is 0.306 e. The average molecular weight is 848 g/mol. The molecule has 0 aliphatic rings. The van der Waals surface area contributed by atoms with Crippen LogP contribution in [0.2, 0.25) is 0 Å². The number of aliphatic hydroxyl groups is 2. The van der Waals surface area contributed by atoms with E-state index in [0.29, 0.717) is 19.3 Å². The number of carbonyl (C=O) groups is 2. The van der Waals surface area contributed by atoms with Crippen LogP contribution >= 0.6 is 0 Å². The normalized spacial score (nSPS) is 13.2. The van der Waals surface area contributed by atoms with Crippen LogP contribution in [0.25, 0.3) is 0 Å². The van der Waals surface area contributed by atoms with Gasteiger partial charge in [-0.3, -0.25) is 9.59 Å². The Balaban J connectivity index is 4.52. The summed E-state index contributed by atoms with van der Waals surface area (Å²) in [4.78, 5) is 26.1. The molecular formula is C54H105NO5. The first-order valence-corrected chi connectivity index (χ1v) is 26.9. The lowest BCUT2D eigenvalue weighted by molar-refractivity contribution is -0.151. The van der Waals surface area contributed by atoms with E-state index in [1.807, 2.05) is 0 Å². The highest BCUT2D eigenvalue weighted by atomic mass is 16.5. The van der Waals surface area contributed by atoms with Gasteiger partial charge in [0.05, 0.1) is 25.2 Å². The predicted octanol–water partition coefficient (Wildman–Crippen LogP) is 16.1. The van der Waals surface area contributed by atoms with Crippen LogP contribution in [-0.2, 0) is 14.3 Å². The molecule has 0 aliphatic heterocycles. The van der Waals surface area contributed by atoms with Crippen LogP contribution in [0.1, 0.15) is 297 Å². The molecule has 1 amide bonds. The quantitative estimate of drug-likeness (QED) is 0.0322. The third-order valence-electron chi connectivity index (χ3n) is 12.6. The number of hydrogen-bond donors (Lipinski definition) is 3. The maximum atomic E-state index is 13.2. The Morgan fingerprint density at radius 2 is 0.800 bits per heavy atom. The van der Waals surface area contributed by atoms with Gasteiger partial charge >= 0.3 is 5.97 Å². The van der Waals surface area contributed by atoms with Crippen molar-refractivity contribution >= 4 is 11.9 Å². The molecule has 0 aromatic rings. The number of esters is 1. The van der Waals surface area contributed by atoms with Gasteiger partial charge in [-0.1, -0.05) is 245 Å².